The minimum absolute atomic E-state index is 0.0656. The fourth-order valence-corrected chi connectivity index (χ4v) is 6.42. The number of halogens is 1. The molecule has 0 aromatic heterocycles. The molecular formula is C35H47FN4O3. The van der Waals surface area contributed by atoms with Crippen LogP contribution in [0.15, 0.2) is 75.8 Å². The zero-order valence-corrected chi connectivity index (χ0v) is 25.8. The lowest BCUT2D eigenvalue weighted by molar-refractivity contribution is -0.142. The first-order valence-electron chi connectivity index (χ1n) is 16.0. The van der Waals surface area contributed by atoms with Crippen molar-refractivity contribution >= 4 is 11.7 Å². The highest BCUT2D eigenvalue weighted by atomic mass is 19.1. The molecule has 0 spiro atoms. The number of rotatable bonds is 12. The molecule has 7 nitrogen and oxygen atoms in total. The molecule has 0 unspecified atom stereocenters. The quantitative estimate of drug-likeness (QED) is 0.271. The summed E-state index contributed by atoms with van der Waals surface area (Å²) in [6, 6.07) is 7.45. The molecule has 2 N–H and O–H groups in total. The highest BCUT2D eigenvalue weighted by Crippen LogP contribution is 2.28. The largest absolute Gasteiger partial charge is 0.428 e. The number of allylic oxidation sites excluding steroid dienone is 7. The lowest BCUT2D eigenvalue weighted by Gasteiger charge is -2.29. The summed E-state index contributed by atoms with van der Waals surface area (Å²) in [5.74, 6) is 0.279. The van der Waals surface area contributed by atoms with Crippen LogP contribution in [0.2, 0.25) is 0 Å². The summed E-state index contributed by atoms with van der Waals surface area (Å²) in [6.07, 6.45) is 14.7. The van der Waals surface area contributed by atoms with Crippen molar-refractivity contribution in [3.05, 3.63) is 81.4 Å². The van der Waals surface area contributed by atoms with Crippen molar-refractivity contribution < 1.29 is 18.7 Å². The summed E-state index contributed by atoms with van der Waals surface area (Å²) in [6.45, 7) is 5.05. The number of hydrogen-bond donors (Lipinski definition) is 2. The zero-order chi connectivity index (χ0) is 30.0. The van der Waals surface area contributed by atoms with E-state index < -0.39 is 12.2 Å². The molecule has 0 amide bonds. The van der Waals surface area contributed by atoms with E-state index in [4.69, 9.17) is 9.47 Å². The van der Waals surface area contributed by atoms with E-state index in [2.05, 4.69) is 39.6 Å². The van der Waals surface area contributed by atoms with Gasteiger partial charge in [0.1, 0.15) is 18.0 Å². The summed E-state index contributed by atoms with van der Waals surface area (Å²) >= 11 is 0. The first-order valence-corrected chi connectivity index (χ1v) is 16.0. The molecule has 5 rings (SSSR count). The van der Waals surface area contributed by atoms with Crippen molar-refractivity contribution in [3.63, 3.8) is 0 Å². The Morgan fingerprint density at radius 2 is 1.95 bits per heavy atom. The molecule has 3 heterocycles. The maximum atomic E-state index is 14.7. The Bertz CT molecular complexity index is 1400. The Morgan fingerprint density at radius 1 is 1.09 bits per heavy atom. The second kappa shape index (κ2) is 15.5. The molecule has 4 aliphatic rings. The number of unbranched alkanes of at least 4 members (excludes halogenated alkanes) is 1. The lowest BCUT2D eigenvalue weighted by Crippen LogP contribution is -2.45. The van der Waals surface area contributed by atoms with Crippen LogP contribution in [0.3, 0.4) is 0 Å². The molecule has 43 heavy (non-hydrogen) atoms. The third kappa shape index (κ3) is 8.67. The average Bonchev–Trinajstić information content (AvgIpc) is 2.99. The number of benzene rings is 1. The second-order valence-corrected chi connectivity index (χ2v) is 12.1. The summed E-state index contributed by atoms with van der Waals surface area (Å²) < 4.78 is 25.6. The van der Waals surface area contributed by atoms with E-state index >= 15 is 0 Å². The fourth-order valence-electron chi connectivity index (χ4n) is 6.42. The first-order chi connectivity index (χ1) is 21.0. The van der Waals surface area contributed by atoms with Crippen LogP contribution in [0.25, 0.3) is 5.70 Å². The van der Waals surface area contributed by atoms with Crippen LogP contribution in [-0.2, 0) is 14.3 Å². The number of nitrogens with one attached hydrogen (secondary N) is 2. The van der Waals surface area contributed by atoms with Gasteiger partial charge in [0.15, 0.2) is 0 Å². The number of fused-ring (bicyclic) bond motifs is 4. The van der Waals surface area contributed by atoms with E-state index in [1.165, 1.54) is 35.9 Å². The van der Waals surface area contributed by atoms with Crippen LogP contribution in [0.5, 0.6) is 0 Å². The van der Waals surface area contributed by atoms with Gasteiger partial charge in [-0.25, -0.2) is 9.18 Å². The molecule has 2 atom stereocenters. The van der Waals surface area contributed by atoms with Gasteiger partial charge in [-0.3, -0.25) is 4.99 Å². The van der Waals surface area contributed by atoms with E-state index in [9.17, 15) is 9.18 Å². The molecule has 1 aromatic carbocycles. The SMILES string of the molecule is COC[C@@H](F)CN(CCCCC1=C(\C)CCC2=C(/C=C\1)CCCN2)CC[C@@H]1N\C2=c3/cccc/c3=N/C=C(/CC2)OC1=O. The van der Waals surface area contributed by atoms with Gasteiger partial charge >= 0.3 is 5.97 Å². The molecular weight excluding hydrogens is 543 g/mol. The molecule has 2 bridgehead atoms. The zero-order valence-electron chi connectivity index (χ0n) is 25.8. The van der Waals surface area contributed by atoms with Gasteiger partial charge in [-0.1, -0.05) is 35.9 Å². The number of para-hydroxylation sites is 1. The minimum atomic E-state index is -1.08. The molecule has 1 aromatic rings. The highest BCUT2D eigenvalue weighted by molar-refractivity contribution is 5.78. The molecule has 1 fully saturated rings. The molecule has 0 saturated carbocycles. The lowest BCUT2D eigenvalue weighted by atomic mass is 9.91. The maximum absolute atomic E-state index is 14.7. The number of alkyl halides is 1. The van der Waals surface area contributed by atoms with Crippen LogP contribution < -0.4 is 21.2 Å². The number of esters is 1. The number of nitrogens with zero attached hydrogens (tertiary/aromatic N) is 2. The molecule has 3 aliphatic heterocycles. The van der Waals surface area contributed by atoms with Gasteiger partial charge < -0.3 is 25.0 Å². The third-order valence-electron chi connectivity index (χ3n) is 8.90. The van der Waals surface area contributed by atoms with Crippen LogP contribution in [-0.4, -0.2) is 63.0 Å². The van der Waals surface area contributed by atoms with Gasteiger partial charge in [0, 0.05) is 49.8 Å². The molecule has 0 radical (unpaired) electrons. The van der Waals surface area contributed by atoms with Crippen molar-refractivity contribution in [2.75, 3.05) is 39.9 Å². The highest BCUT2D eigenvalue weighted by Gasteiger charge is 2.27. The smallest absolute Gasteiger partial charge is 0.333 e. The van der Waals surface area contributed by atoms with E-state index in [0.29, 0.717) is 25.1 Å². The number of carbonyl (C=O) groups is 1. The second-order valence-electron chi connectivity index (χ2n) is 12.1. The summed E-state index contributed by atoms with van der Waals surface area (Å²) in [5, 5.41) is 8.95. The monoisotopic (exact) mass is 590 g/mol. The Balaban J connectivity index is 1.21. The molecule has 1 saturated heterocycles. The number of methoxy groups -OCH3 is 1. The average molecular weight is 591 g/mol. The predicted octanol–water partition coefficient (Wildman–Crippen LogP) is 4.72. The van der Waals surface area contributed by atoms with Gasteiger partial charge in [-0.05, 0) is 88.5 Å². The Morgan fingerprint density at radius 3 is 2.84 bits per heavy atom. The van der Waals surface area contributed by atoms with Gasteiger partial charge in [0.25, 0.3) is 0 Å². The standard InChI is InChI=1S/C35H47FN4O3/c1-25-12-16-31-27(9-7-19-37-31)14-13-26(25)8-5-6-20-40(23-28(36)24-42-2)21-18-34-35(41)43-29-15-17-33(39-34)30-10-3-4-11-32(30)38-22-29/h3-4,10-11,13-14,22,28,34,37,39H,5-9,12,15-21,23-24H2,1-2H3/b14-13-,26-25-,29-22-,33-30+,38-32-/t28-,34-/m0/s1. The van der Waals surface area contributed by atoms with Crippen LogP contribution in [0.1, 0.15) is 71.1 Å². The third-order valence-corrected chi connectivity index (χ3v) is 8.90. The number of carbonyl (C=O) groups excluding carboxylic acids is 1. The topological polar surface area (TPSA) is 75.2 Å². The fraction of sp³-hybridized carbons (Fsp3) is 0.543. The normalized spacial score (nSPS) is 26.8. The molecule has 8 heteroatoms. The predicted molar refractivity (Wildman–Crippen MR) is 168 cm³/mol. The van der Waals surface area contributed by atoms with Crippen LogP contribution in [0.4, 0.5) is 4.39 Å². The maximum Gasteiger partial charge on any atom is 0.333 e. The molecule has 232 valence electrons. The van der Waals surface area contributed by atoms with Crippen molar-refractivity contribution in [2.24, 2.45) is 4.99 Å². The van der Waals surface area contributed by atoms with E-state index in [1.807, 2.05) is 24.3 Å². The summed E-state index contributed by atoms with van der Waals surface area (Å²) in [7, 11) is 1.53. The Hall–Kier alpha value is -3.23. The van der Waals surface area contributed by atoms with Crippen molar-refractivity contribution in [1.29, 1.82) is 0 Å². The van der Waals surface area contributed by atoms with E-state index in [0.717, 1.165) is 74.3 Å². The first kappa shape index (κ1) is 31.2. The Labute approximate surface area is 255 Å². The van der Waals surface area contributed by atoms with Gasteiger partial charge in [0.05, 0.1) is 18.2 Å². The summed E-state index contributed by atoms with van der Waals surface area (Å²) in [5.41, 5.74) is 6.79. The Kier molecular flexibility index (Phi) is 11.2. The van der Waals surface area contributed by atoms with E-state index in [1.54, 1.807) is 6.20 Å². The van der Waals surface area contributed by atoms with Crippen molar-refractivity contribution in [2.45, 2.75) is 83.3 Å². The van der Waals surface area contributed by atoms with Crippen molar-refractivity contribution in [1.82, 2.24) is 15.5 Å². The number of hydrogen-bond acceptors (Lipinski definition) is 7. The number of ether oxygens (including phenoxy) is 2. The van der Waals surface area contributed by atoms with Crippen LogP contribution in [0, 0.1) is 0 Å². The van der Waals surface area contributed by atoms with Gasteiger partial charge in [-0.2, -0.15) is 0 Å². The molecule has 1 aliphatic carbocycles. The van der Waals surface area contributed by atoms with Crippen molar-refractivity contribution in [3.8, 4) is 0 Å². The summed E-state index contributed by atoms with van der Waals surface area (Å²) in [4.78, 5) is 19.9. The minimum Gasteiger partial charge on any atom is -0.428 e. The van der Waals surface area contributed by atoms with Gasteiger partial charge in [0.2, 0.25) is 0 Å². The van der Waals surface area contributed by atoms with E-state index in [-0.39, 0.29) is 19.1 Å². The van der Waals surface area contributed by atoms with Gasteiger partial charge in [-0.15, -0.1) is 0 Å². The van der Waals surface area contributed by atoms with Crippen LogP contribution >= 0.6 is 0 Å².